The number of ether oxygens (including phenoxy) is 2. The zero-order chi connectivity index (χ0) is 26.5. The molecule has 1 fully saturated rings. The molecule has 0 radical (unpaired) electrons. The minimum Gasteiger partial charge on any atom is -0.508 e. The summed E-state index contributed by atoms with van der Waals surface area (Å²) >= 11 is 0. The fourth-order valence-corrected chi connectivity index (χ4v) is 3.60. The van der Waals surface area contributed by atoms with Crippen LogP contribution in [0.5, 0.6) is 17.2 Å². The molecule has 0 amide bonds. The molecule has 0 aromatic heterocycles. The number of aromatic hydroxyl groups is 3. The second-order valence-corrected chi connectivity index (χ2v) is 8.20. The maximum Gasteiger partial charge on any atom is 0.335 e. The molecule has 11 heteroatoms. The molecule has 6 N–H and O–H groups in total. The minimum absolute atomic E-state index is 0.0342. The number of carboxylic acid groups (broad SMARTS) is 1. The van der Waals surface area contributed by atoms with Gasteiger partial charge in [-0.2, -0.15) is 0 Å². The van der Waals surface area contributed by atoms with Crippen molar-refractivity contribution < 1.29 is 54.5 Å². The lowest BCUT2D eigenvalue weighted by atomic mass is 9.79. The predicted octanol–water partition coefficient (Wildman–Crippen LogP) is 1.32. The summed E-state index contributed by atoms with van der Waals surface area (Å²) in [5, 5.41) is 58.4. The van der Waals surface area contributed by atoms with Crippen LogP contribution in [0.1, 0.15) is 24.0 Å². The summed E-state index contributed by atoms with van der Waals surface area (Å²) in [5.41, 5.74) is -1.54. The van der Waals surface area contributed by atoms with Gasteiger partial charge in [0.1, 0.15) is 11.9 Å². The first kappa shape index (κ1) is 26.3. The van der Waals surface area contributed by atoms with Gasteiger partial charge in [-0.05, 0) is 47.5 Å². The van der Waals surface area contributed by atoms with Crippen molar-refractivity contribution in [2.75, 3.05) is 0 Å². The second kappa shape index (κ2) is 10.9. The number of hydrogen-bond acceptors (Lipinski definition) is 10. The molecule has 0 bridgehead atoms. The first-order chi connectivity index (χ1) is 17.0. The van der Waals surface area contributed by atoms with E-state index in [1.165, 1.54) is 54.6 Å². The number of hydrogen-bond donors (Lipinski definition) is 6. The molecule has 1 aliphatic rings. The van der Waals surface area contributed by atoms with E-state index in [9.17, 15) is 45.0 Å². The van der Waals surface area contributed by atoms with Gasteiger partial charge in [0.2, 0.25) is 0 Å². The predicted molar refractivity (Wildman–Crippen MR) is 124 cm³/mol. The number of aliphatic hydroxyl groups is 2. The van der Waals surface area contributed by atoms with E-state index in [4.69, 9.17) is 9.47 Å². The van der Waals surface area contributed by atoms with Crippen molar-refractivity contribution in [3.63, 3.8) is 0 Å². The molecule has 190 valence electrons. The molecule has 2 aromatic carbocycles. The van der Waals surface area contributed by atoms with Crippen LogP contribution in [-0.2, 0) is 23.9 Å². The van der Waals surface area contributed by atoms with Crippen molar-refractivity contribution in [1.29, 1.82) is 0 Å². The van der Waals surface area contributed by atoms with Crippen LogP contribution < -0.4 is 0 Å². The van der Waals surface area contributed by atoms with Crippen molar-refractivity contribution >= 4 is 30.1 Å². The number of aliphatic hydroxyl groups excluding tert-OH is 1. The maximum atomic E-state index is 12.4. The van der Waals surface area contributed by atoms with Gasteiger partial charge in [-0.25, -0.2) is 14.4 Å². The van der Waals surface area contributed by atoms with E-state index in [1.807, 2.05) is 0 Å². The summed E-state index contributed by atoms with van der Waals surface area (Å²) in [6.07, 6.45) is -1.38. The molecule has 36 heavy (non-hydrogen) atoms. The topological polar surface area (TPSA) is 191 Å². The van der Waals surface area contributed by atoms with E-state index in [0.717, 1.165) is 12.2 Å². The third kappa shape index (κ3) is 6.62. The summed E-state index contributed by atoms with van der Waals surface area (Å²) < 4.78 is 10.5. The lowest BCUT2D eigenvalue weighted by molar-refractivity contribution is -0.204. The number of carbonyl (C=O) groups is 3. The quantitative estimate of drug-likeness (QED) is 0.183. The van der Waals surface area contributed by atoms with Crippen LogP contribution in [0.3, 0.4) is 0 Å². The maximum absolute atomic E-state index is 12.4. The molecular weight excluding hydrogens is 476 g/mol. The molecule has 4 atom stereocenters. The van der Waals surface area contributed by atoms with Crippen LogP contribution in [0.2, 0.25) is 0 Å². The molecular formula is C25H24O11. The number of carbonyl (C=O) groups excluding carboxylic acids is 2. The number of phenols is 3. The van der Waals surface area contributed by atoms with Gasteiger partial charge in [-0.3, -0.25) is 0 Å². The van der Waals surface area contributed by atoms with Crippen molar-refractivity contribution in [2.45, 2.75) is 36.8 Å². The average molecular weight is 500 g/mol. The van der Waals surface area contributed by atoms with Crippen molar-refractivity contribution in [2.24, 2.45) is 0 Å². The van der Waals surface area contributed by atoms with E-state index in [1.54, 1.807) is 0 Å². The van der Waals surface area contributed by atoms with Crippen LogP contribution in [0.15, 0.2) is 54.6 Å². The average Bonchev–Trinajstić information content (AvgIpc) is 2.81. The highest BCUT2D eigenvalue weighted by Gasteiger charge is 2.52. The smallest absolute Gasteiger partial charge is 0.335 e. The molecule has 0 saturated heterocycles. The van der Waals surface area contributed by atoms with Crippen molar-refractivity contribution in [1.82, 2.24) is 0 Å². The summed E-state index contributed by atoms with van der Waals surface area (Å²) in [5.74, 6) is -4.32. The van der Waals surface area contributed by atoms with Crippen molar-refractivity contribution in [3.8, 4) is 17.2 Å². The Morgan fingerprint density at radius 2 is 1.42 bits per heavy atom. The Balaban J connectivity index is 1.74. The van der Waals surface area contributed by atoms with Crippen LogP contribution in [0.4, 0.5) is 0 Å². The Morgan fingerprint density at radius 1 is 0.833 bits per heavy atom. The third-order valence-corrected chi connectivity index (χ3v) is 5.47. The normalized spacial score (nSPS) is 24.0. The standard InChI is InChI=1S/C25H24O11/c26-16-6-1-14(2-7-16)4-9-22(31)36-23-19(29)12-25(34,24(32)33)13-20(23)35-21(30)10-5-15-3-8-17(27)18(28)11-15/h1-11,19-20,23,26-29,34H,12-13H2,(H,32,33). The second-order valence-electron chi connectivity index (χ2n) is 8.20. The zero-order valence-corrected chi connectivity index (χ0v) is 18.7. The van der Waals surface area contributed by atoms with E-state index in [0.29, 0.717) is 11.1 Å². The van der Waals surface area contributed by atoms with Gasteiger partial charge in [0.05, 0.1) is 6.10 Å². The summed E-state index contributed by atoms with van der Waals surface area (Å²) in [7, 11) is 0. The number of benzene rings is 2. The van der Waals surface area contributed by atoms with Gasteiger partial charge in [0.25, 0.3) is 0 Å². The lowest BCUT2D eigenvalue weighted by Crippen LogP contribution is -2.58. The van der Waals surface area contributed by atoms with Gasteiger partial charge in [0, 0.05) is 25.0 Å². The molecule has 3 rings (SSSR count). The number of carboxylic acids is 1. The van der Waals surface area contributed by atoms with Crippen LogP contribution in [-0.4, -0.2) is 72.5 Å². The molecule has 0 aliphatic heterocycles. The fourth-order valence-electron chi connectivity index (χ4n) is 3.60. The molecule has 1 saturated carbocycles. The summed E-state index contributed by atoms with van der Waals surface area (Å²) in [6.45, 7) is 0. The fraction of sp³-hybridized carbons (Fsp3) is 0.240. The Kier molecular flexibility index (Phi) is 7.97. The Morgan fingerprint density at radius 3 is 2.03 bits per heavy atom. The molecule has 0 heterocycles. The third-order valence-electron chi connectivity index (χ3n) is 5.47. The van der Waals surface area contributed by atoms with E-state index in [2.05, 4.69) is 0 Å². The summed E-state index contributed by atoms with van der Waals surface area (Å²) in [6, 6.07) is 9.66. The monoisotopic (exact) mass is 500 g/mol. The molecule has 11 nitrogen and oxygen atoms in total. The van der Waals surface area contributed by atoms with E-state index < -0.39 is 60.4 Å². The summed E-state index contributed by atoms with van der Waals surface area (Å²) in [4.78, 5) is 36.3. The molecule has 1 aliphatic carbocycles. The zero-order valence-electron chi connectivity index (χ0n) is 18.7. The SMILES string of the molecule is O=C(C=Cc1ccc(O)c(O)c1)OC1CC(O)(C(=O)O)CC(O)C1OC(=O)C=Cc1ccc(O)cc1. The highest BCUT2D eigenvalue weighted by molar-refractivity contribution is 5.88. The highest BCUT2D eigenvalue weighted by Crippen LogP contribution is 2.33. The first-order valence-electron chi connectivity index (χ1n) is 10.7. The van der Waals surface area contributed by atoms with Crippen molar-refractivity contribution in [3.05, 3.63) is 65.7 Å². The Hall–Kier alpha value is -4.35. The van der Waals surface area contributed by atoms with Gasteiger partial charge >= 0.3 is 17.9 Å². The largest absolute Gasteiger partial charge is 0.508 e. The van der Waals surface area contributed by atoms with Gasteiger partial charge < -0.3 is 40.1 Å². The minimum atomic E-state index is -2.43. The molecule has 2 aromatic rings. The number of rotatable bonds is 7. The number of aliphatic carboxylic acids is 1. The Labute approximate surface area is 204 Å². The van der Waals surface area contributed by atoms with E-state index >= 15 is 0 Å². The van der Waals surface area contributed by atoms with Crippen LogP contribution in [0.25, 0.3) is 12.2 Å². The van der Waals surface area contributed by atoms with Crippen LogP contribution in [0, 0.1) is 0 Å². The molecule has 4 unspecified atom stereocenters. The lowest BCUT2D eigenvalue weighted by Gasteiger charge is -2.40. The number of phenolic OH excluding ortho intramolecular Hbond substituents is 3. The first-order valence-corrected chi connectivity index (χ1v) is 10.7. The number of esters is 2. The molecule has 0 spiro atoms. The van der Waals surface area contributed by atoms with E-state index in [-0.39, 0.29) is 11.5 Å². The highest BCUT2D eigenvalue weighted by atomic mass is 16.6. The Bertz CT molecular complexity index is 1180. The van der Waals surface area contributed by atoms with Gasteiger partial charge in [-0.15, -0.1) is 0 Å². The van der Waals surface area contributed by atoms with Gasteiger partial charge in [-0.1, -0.05) is 18.2 Å². The van der Waals surface area contributed by atoms with Gasteiger partial charge in [0.15, 0.2) is 23.2 Å². The van der Waals surface area contributed by atoms with Crippen LogP contribution >= 0.6 is 0 Å².